The first-order chi connectivity index (χ1) is 7.13. The molecule has 0 aliphatic heterocycles. The summed E-state index contributed by atoms with van der Waals surface area (Å²) in [5.74, 6) is 2.62. The van der Waals surface area contributed by atoms with Gasteiger partial charge in [0.2, 0.25) is 0 Å². The summed E-state index contributed by atoms with van der Waals surface area (Å²) in [6.45, 7) is 1.77. The Bertz CT molecular complexity index is 412. The number of pyridine rings is 1. The molecule has 1 amide bonds. The maximum Gasteiger partial charge on any atom is 0.413 e. The maximum absolute atomic E-state index is 11.1. The minimum absolute atomic E-state index is 0.0542. The Balaban J connectivity index is 2.62. The minimum atomic E-state index is -0.609. The summed E-state index contributed by atoms with van der Waals surface area (Å²) in [6.07, 6.45) is 4.33. The zero-order valence-electron chi connectivity index (χ0n) is 8.08. The van der Waals surface area contributed by atoms with Crippen molar-refractivity contribution in [1.82, 2.24) is 4.98 Å². The molecule has 0 radical (unpaired) electrons. The number of halogens is 1. The van der Waals surface area contributed by atoms with Crippen molar-refractivity contribution in [3.8, 4) is 12.3 Å². The second-order valence-electron chi connectivity index (χ2n) is 2.67. The van der Waals surface area contributed by atoms with Crippen molar-refractivity contribution < 1.29 is 9.53 Å². The van der Waals surface area contributed by atoms with Crippen molar-refractivity contribution in [2.24, 2.45) is 0 Å². The monoisotopic (exact) mass is 268 g/mol. The highest BCUT2D eigenvalue weighted by atomic mass is 79.9. The number of hydrogen-bond donors (Lipinski definition) is 1. The Morgan fingerprint density at radius 1 is 1.73 bits per heavy atom. The van der Waals surface area contributed by atoms with E-state index in [9.17, 15) is 4.79 Å². The summed E-state index contributed by atoms with van der Waals surface area (Å²) in [4.78, 5) is 15.2. The molecule has 78 valence electrons. The number of terminal acetylenes is 1. The number of hydrogen-bond acceptors (Lipinski definition) is 3. The molecule has 0 aromatic carbocycles. The molecule has 4 nitrogen and oxygen atoms in total. The van der Waals surface area contributed by atoms with Gasteiger partial charge >= 0.3 is 6.09 Å². The third-order valence-corrected chi connectivity index (χ3v) is 2.38. The van der Waals surface area contributed by atoms with Gasteiger partial charge in [0, 0.05) is 4.47 Å². The molecule has 0 aliphatic rings. The Morgan fingerprint density at radius 2 is 2.47 bits per heavy atom. The number of carbonyl (C=O) groups is 1. The van der Waals surface area contributed by atoms with Crippen LogP contribution in [0.3, 0.4) is 0 Å². The average Bonchev–Trinajstić information content (AvgIpc) is 2.20. The second-order valence-corrected chi connectivity index (χ2v) is 3.52. The van der Waals surface area contributed by atoms with E-state index >= 15 is 0 Å². The number of nitrogens with one attached hydrogen (secondary N) is 1. The normalized spacial score (nSPS) is 9.13. The first kappa shape index (κ1) is 11.5. The van der Waals surface area contributed by atoms with Crippen LogP contribution < -0.4 is 5.32 Å². The van der Waals surface area contributed by atoms with Gasteiger partial charge in [-0.25, -0.2) is 9.78 Å². The number of carbonyl (C=O) groups excluding carboxylic acids is 1. The Morgan fingerprint density at radius 3 is 3.07 bits per heavy atom. The van der Waals surface area contributed by atoms with Crippen molar-refractivity contribution in [2.75, 3.05) is 11.9 Å². The zero-order chi connectivity index (χ0) is 11.3. The van der Waals surface area contributed by atoms with Gasteiger partial charge in [-0.05, 0) is 35.0 Å². The number of rotatable bonds is 2. The highest BCUT2D eigenvalue weighted by molar-refractivity contribution is 9.10. The fraction of sp³-hybridized carbons (Fsp3) is 0.200. The predicted octanol–water partition coefficient (Wildman–Crippen LogP) is 2.33. The van der Waals surface area contributed by atoms with E-state index in [2.05, 4.69) is 36.9 Å². The van der Waals surface area contributed by atoms with E-state index in [1.54, 1.807) is 12.1 Å². The fourth-order valence-electron chi connectivity index (χ4n) is 0.862. The lowest BCUT2D eigenvalue weighted by atomic mass is 10.4. The Hall–Kier alpha value is -1.54. The second kappa shape index (κ2) is 5.37. The largest absolute Gasteiger partial charge is 0.436 e. The molecule has 0 saturated carbocycles. The third-order valence-electron chi connectivity index (χ3n) is 1.54. The predicted molar refractivity (Wildman–Crippen MR) is 60.5 cm³/mol. The topological polar surface area (TPSA) is 51.2 Å². The van der Waals surface area contributed by atoms with Crippen LogP contribution in [0.15, 0.2) is 16.6 Å². The summed E-state index contributed by atoms with van der Waals surface area (Å²) >= 11 is 3.30. The summed E-state index contributed by atoms with van der Waals surface area (Å²) in [5.41, 5.74) is 0.782. The molecule has 0 saturated heterocycles. The third kappa shape index (κ3) is 3.60. The average molecular weight is 269 g/mol. The van der Waals surface area contributed by atoms with E-state index < -0.39 is 6.09 Å². The van der Waals surface area contributed by atoms with Crippen LogP contribution in [0.1, 0.15) is 5.69 Å². The van der Waals surface area contributed by atoms with E-state index in [0.717, 1.165) is 10.2 Å². The van der Waals surface area contributed by atoms with E-state index in [4.69, 9.17) is 6.42 Å². The molecule has 0 unspecified atom stereocenters. The zero-order valence-corrected chi connectivity index (χ0v) is 9.67. The lowest BCUT2D eigenvalue weighted by molar-refractivity contribution is 0.176. The highest BCUT2D eigenvalue weighted by Gasteiger charge is 2.04. The molecule has 0 atom stereocenters. The minimum Gasteiger partial charge on any atom is -0.436 e. The van der Waals surface area contributed by atoms with Crippen LogP contribution in [0, 0.1) is 19.3 Å². The molecule has 1 aromatic heterocycles. The number of anilines is 1. The molecule has 5 heteroatoms. The summed E-state index contributed by atoms with van der Waals surface area (Å²) < 4.78 is 5.51. The van der Waals surface area contributed by atoms with Gasteiger partial charge in [0.1, 0.15) is 5.82 Å². The van der Waals surface area contributed by atoms with Crippen LogP contribution in [-0.4, -0.2) is 17.7 Å². The first-order valence-electron chi connectivity index (χ1n) is 4.14. The SMILES string of the molecule is C#CCOC(=O)Nc1ccc(Br)c(C)n1. The van der Waals surface area contributed by atoms with Crippen LogP contribution in [-0.2, 0) is 4.74 Å². The van der Waals surface area contributed by atoms with E-state index in [0.29, 0.717) is 5.82 Å². The van der Waals surface area contributed by atoms with Gasteiger partial charge in [-0.1, -0.05) is 5.92 Å². The molecule has 1 N–H and O–H groups in total. The Labute approximate surface area is 96.2 Å². The molecule has 15 heavy (non-hydrogen) atoms. The summed E-state index contributed by atoms with van der Waals surface area (Å²) in [6, 6.07) is 3.45. The number of aryl methyl sites for hydroxylation is 1. The standard InChI is InChI=1S/C10H9BrN2O2/c1-3-6-15-10(14)13-9-5-4-8(11)7(2)12-9/h1,4-5H,6H2,2H3,(H,12,13,14). The quantitative estimate of drug-likeness (QED) is 0.838. The molecule has 0 fully saturated rings. The highest BCUT2D eigenvalue weighted by Crippen LogP contribution is 2.16. The molecular formula is C10H9BrN2O2. The van der Waals surface area contributed by atoms with Crippen LogP contribution in [0.5, 0.6) is 0 Å². The smallest absolute Gasteiger partial charge is 0.413 e. The van der Waals surface area contributed by atoms with Crippen molar-refractivity contribution in [3.05, 3.63) is 22.3 Å². The molecule has 0 aliphatic carbocycles. The van der Waals surface area contributed by atoms with E-state index in [1.165, 1.54) is 0 Å². The number of amides is 1. The van der Waals surface area contributed by atoms with Crippen LogP contribution >= 0.6 is 15.9 Å². The fourth-order valence-corrected chi connectivity index (χ4v) is 1.08. The molecule has 1 aromatic rings. The number of aromatic nitrogens is 1. The van der Waals surface area contributed by atoms with Crippen molar-refractivity contribution >= 4 is 27.8 Å². The van der Waals surface area contributed by atoms with E-state index in [1.807, 2.05) is 6.92 Å². The van der Waals surface area contributed by atoms with Gasteiger partial charge in [-0.3, -0.25) is 5.32 Å². The molecule has 0 bridgehead atoms. The van der Waals surface area contributed by atoms with Gasteiger partial charge in [-0.2, -0.15) is 0 Å². The summed E-state index contributed by atoms with van der Waals surface area (Å²) in [5, 5.41) is 2.46. The van der Waals surface area contributed by atoms with Gasteiger partial charge < -0.3 is 4.74 Å². The van der Waals surface area contributed by atoms with Gasteiger partial charge in [-0.15, -0.1) is 6.42 Å². The van der Waals surface area contributed by atoms with Crippen molar-refractivity contribution in [2.45, 2.75) is 6.92 Å². The van der Waals surface area contributed by atoms with Gasteiger partial charge in [0.05, 0.1) is 5.69 Å². The molecule has 1 rings (SSSR count). The van der Waals surface area contributed by atoms with Gasteiger partial charge in [0.25, 0.3) is 0 Å². The molecular weight excluding hydrogens is 260 g/mol. The summed E-state index contributed by atoms with van der Waals surface area (Å²) in [7, 11) is 0. The van der Waals surface area contributed by atoms with E-state index in [-0.39, 0.29) is 6.61 Å². The number of ether oxygens (including phenoxy) is 1. The van der Waals surface area contributed by atoms with Crippen LogP contribution in [0.4, 0.5) is 10.6 Å². The molecule has 0 spiro atoms. The molecule has 1 heterocycles. The van der Waals surface area contributed by atoms with Gasteiger partial charge in [0.15, 0.2) is 6.61 Å². The first-order valence-corrected chi connectivity index (χ1v) is 4.93. The maximum atomic E-state index is 11.1. The lowest BCUT2D eigenvalue weighted by Crippen LogP contribution is -2.14. The van der Waals surface area contributed by atoms with Crippen molar-refractivity contribution in [3.63, 3.8) is 0 Å². The van der Waals surface area contributed by atoms with Crippen LogP contribution in [0.2, 0.25) is 0 Å². The van der Waals surface area contributed by atoms with Crippen LogP contribution in [0.25, 0.3) is 0 Å². The van der Waals surface area contributed by atoms with Crippen molar-refractivity contribution in [1.29, 1.82) is 0 Å². The lowest BCUT2D eigenvalue weighted by Gasteiger charge is -2.05. The Kier molecular flexibility index (Phi) is 4.13. The number of nitrogens with zero attached hydrogens (tertiary/aromatic N) is 1.